The van der Waals surface area contributed by atoms with E-state index in [1.807, 2.05) is 40.7 Å². The minimum absolute atomic E-state index is 0.0291. The summed E-state index contributed by atoms with van der Waals surface area (Å²) in [5.41, 5.74) is 3.56. The van der Waals surface area contributed by atoms with Crippen LogP contribution in [0.15, 0.2) is 70.5 Å². The van der Waals surface area contributed by atoms with E-state index in [1.54, 1.807) is 31.6 Å². The van der Waals surface area contributed by atoms with E-state index in [9.17, 15) is 5.11 Å². The van der Waals surface area contributed by atoms with Crippen molar-refractivity contribution in [3.05, 3.63) is 75.8 Å². The zero-order chi connectivity index (χ0) is 22.1. The molecule has 1 N–H and O–H groups in total. The fourth-order valence-corrected chi connectivity index (χ4v) is 5.26. The van der Waals surface area contributed by atoms with Crippen molar-refractivity contribution in [2.75, 3.05) is 19.2 Å². The van der Waals surface area contributed by atoms with Gasteiger partial charge in [0.15, 0.2) is 0 Å². The zero-order valence-electron chi connectivity index (χ0n) is 17.6. The number of thiazole rings is 1. The number of anilines is 1. The van der Waals surface area contributed by atoms with Crippen LogP contribution in [0.2, 0.25) is 0 Å². The van der Waals surface area contributed by atoms with Crippen molar-refractivity contribution in [2.45, 2.75) is 12.5 Å². The normalized spacial score (nSPS) is 15.6. The van der Waals surface area contributed by atoms with Crippen molar-refractivity contribution < 1.29 is 14.6 Å². The van der Waals surface area contributed by atoms with E-state index in [-0.39, 0.29) is 11.8 Å². The predicted octanol–water partition coefficient (Wildman–Crippen LogP) is 5.95. The number of phenols is 1. The molecular weight excluding hydrogens is 442 g/mol. The van der Waals surface area contributed by atoms with E-state index in [0.29, 0.717) is 17.0 Å². The summed E-state index contributed by atoms with van der Waals surface area (Å²) in [5, 5.41) is 22.2. The summed E-state index contributed by atoms with van der Waals surface area (Å²) in [6.07, 6.45) is 0.787. The third-order valence-electron chi connectivity index (χ3n) is 5.39. The summed E-state index contributed by atoms with van der Waals surface area (Å²) < 4.78 is 10.5. The van der Waals surface area contributed by atoms with Gasteiger partial charge in [-0.15, -0.1) is 22.7 Å². The van der Waals surface area contributed by atoms with Gasteiger partial charge in [-0.25, -0.2) is 9.99 Å². The van der Waals surface area contributed by atoms with Crippen LogP contribution < -0.4 is 14.5 Å². The number of methoxy groups -OCH3 is 2. The smallest absolute Gasteiger partial charge is 0.207 e. The van der Waals surface area contributed by atoms with Crippen LogP contribution >= 0.6 is 22.7 Å². The highest BCUT2D eigenvalue weighted by atomic mass is 32.1. The predicted molar refractivity (Wildman–Crippen MR) is 129 cm³/mol. The summed E-state index contributed by atoms with van der Waals surface area (Å²) in [6, 6.07) is 17.5. The first kappa shape index (κ1) is 20.5. The minimum atomic E-state index is 0.0291. The molecule has 3 heterocycles. The molecular formula is C24H21N3O3S2. The van der Waals surface area contributed by atoms with Crippen LogP contribution in [0, 0.1) is 0 Å². The Morgan fingerprint density at radius 2 is 1.78 bits per heavy atom. The molecule has 32 heavy (non-hydrogen) atoms. The Bertz CT molecular complexity index is 1250. The first-order valence-corrected chi connectivity index (χ1v) is 11.8. The van der Waals surface area contributed by atoms with Gasteiger partial charge in [0.25, 0.3) is 0 Å². The summed E-state index contributed by atoms with van der Waals surface area (Å²) in [5.74, 6) is 1.56. The summed E-state index contributed by atoms with van der Waals surface area (Å²) in [4.78, 5) is 5.98. The van der Waals surface area contributed by atoms with Crippen LogP contribution in [0.3, 0.4) is 0 Å². The molecule has 0 unspecified atom stereocenters. The fourth-order valence-electron chi connectivity index (χ4n) is 3.71. The molecule has 0 saturated heterocycles. The number of aromatic hydroxyl groups is 1. The van der Waals surface area contributed by atoms with Crippen LogP contribution in [0.4, 0.5) is 5.13 Å². The quantitative estimate of drug-likeness (QED) is 0.383. The van der Waals surface area contributed by atoms with Crippen molar-refractivity contribution in [3.8, 4) is 28.5 Å². The monoisotopic (exact) mass is 463 g/mol. The van der Waals surface area contributed by atoms with Crippen molar-refractivity contribution in [1.29, 1.82) is 0 Å². The molecule has 2 aromatic carbocycles. The molecule has 0 bridgehead atoms. The van der Waals surface area contributed by atoms with Crippen LogP contribution in [0.1, 0.15) is 22.9 Å². The number of rotatable bonds is 6. The second kappa shape index (κ2) is 8.64. The first-order chi connectivity index (χ1) is 15.7. The molecule has 6 nitrogen and oxygen atoms in total. The second-order valence-electron chi connectivity index (χ2n) is 7.26. The third-order valence-corrected chi connectivity index (χ3v) is 7.13. The van der Waals surface area contributed by atoms with Crippen molar-refractivity contribution in [1.82, 2.24) is 4.98 Å². The highest BCUT2D eigenvalue weighted by molar-refractivity contribution is 7.14. The standard InChI is InChI=1S/C24H21N3O3S2/c1-29-16-7-5-15(6-8-16)21-13-19(23-4-3-11-31-23)26-27(21)24-25-20(14-32-24)18-10-9-17(30-2)12-22(18)28/h3-12,14,21,28H,13H2,1-2H3/t21-/m1/s1. The van der Waals surface area contributed by atoms with Gasteiger partial charge in [0.2, 0.25) is 5.13 Å². The Labute approximate surface area is 194 Å². The number of hydrogen-bond donors (Lipinski definition) is 1. The molecule has 5 rings (SSSR count). The number of nitrogens with zero attached hydrogens (tertiary/aromatic N) is 3. The number of ether oxygens (including phenoxy) is 2. The van der Waals surface area contributed by atoms with Crippen LogP contribution in [-0.2, 0) is 0 Å². The summed E-state index contributed by atoms with van der Waals surface area (Å²) >= 11 is 3.20. The van der Waals surface area contributed by atoms with Gasteiger partial charge < -0.3 is 14.6 Å². The van der Waals surface area contributed by atoms with Gasteiger partial charge in [-0.1, -0.05) is 18.2 Å². The van der Waals surface area contributed by atoms with Crippen molar-refractivity contribution in [3.63, 3.8) is 0 Å². The van der Waals surface area contributed by atoms with Gasteiger partial charge in [0.1, 0.15) is 17.2 Å². The second-order valence-corrected chi connectivity index (χ2v) is 9.04. The van der Waals surface area contributed by atoms with Gasteiger partial charge in [-0.3, -0.25) is 0 Å². The average Bonchev–Trinajstić information content (AvgIpc) is 3.59. The molecule has 162 valence electrons. The Hall–Kier alpha value is -3.36. The number of hydrogen-bond acceptors (Lipinski definition) is 8. The van der Waals surface area contributed by atoms with Crippen molar-refractivity contribution >= 4 is 33.5 Å². The maximum Gasteiger partial charge on any atom is 0.207 e. The van der Waals surface area contributed by atoms with E-state index in [1.165, 1.54) is 11.3 Å². The van der Waals surface area contributed by atoms with Gasteiger partial charge in [0.05, 0.1) is 36.5 Å². The average molecular weight is 464 g/mol. The van der Waals surface area contributed by atoms with E-state index < -0.39 is 0 Å². The number of phenolic OH excluding ortho intramolecular Hbond substituents is 1. The molecule has 4 aromatic rings. The lowest BCUT2D eigenvalue weighted by Crippen LogP contribution is -2.18. The van der Waals surface area contributed by atoms with E-state index in [4.69, 9.17) is 19.6 Å². The van der Waals surface area contributed by atoms with Crippen LogP contribution in [0.25, 0.3) is 11.3 Å². The number of thiophene rings is 1. The zero-order valence-corrected chi connectivity index (χ0v) is 19.2. The molecule has 8 heteroatoms. The Balaban J connectivity index is 1.51. The molecule has 0 radical (unpaired) electrons. The maximum atomic E-state index is 10.4. The van der Waals surface area contributed by atoms with Gasteiger partial charge in [0, 0.05) is 23.4 Å². The van der Waals surface area contributed by atoms with E-state index in [2.05, 4.69) is 23.6 Å². The van der Waals surface area contributed by atoms with Gasteiger partial charge >= 0.3 is 0 Å². The maximum absolute atomic E-state index is 10.4. The molecule has 1 aliphatic rings. The lowest BCUT2D eigenvalue weighted by Gasteiger charge is -2.21. The van der Waals surface area contributed by atoms with Gasteiger partial charge in [-0.05, 0) is 41.3 Å². The Morgan fingerprint density at radius 3 is 2.47 bits per heavy atom. The molecule has 0 spiro atoms. The molecule has 0 fully saturated rings. The van der Waals surface area contributed by atoms with Crippen molar-refractivity contribution in [2.24, 2.45) is 5.10 Å². The minimum Gasteiger partial charge on any atom is -0.507 e. The molecule has 0 saturated carbocycles. The third kappa shape index (κ3) is 3.83. The number of aromatic nitrogens is 1. The lowest BCUT2D eigenvalue weighted by atomic mass is 10.0. The SMILES string of the molecule is COc1ccc([C@H]2CC(c3cccs3)=NN2c2nc(-c3ccc(OC)cc3O)cs2)cc1. The summed E-state index contributed by atoms with van der Waals surface area (Å²) in [7, 11) is 3.24. The first-order valence-electron chi connectivity index (χ1n) is 10.0. The fraction of sp³-hybridized carbons (Fsp3) is 0.167. The lowest BCUT2D eigenvalue weighted by molar-refractivity contribution is 0.408. The highest BCUT2D eigenvalue weighted by Gasteiger charge is 2.32. The molecule has 1 aliphatic heterocycles. The molecule has 1 atom stereocenters. The van der Waals surface area contributed by atoms with E-state index in [0.717, 1.165) is 33.5 Å². The topological polar surface area (TPSA) is 67.2 Å². The van der Waals surface area contributed by atoms with Crippen LogP contribution in [-0.4, -0.2) is 30.0 Å². The molecule has 2 aromatic heterocycles. The number of benzene rings is 2. The molecule has 0 amide bonds. The Morgan fingerprint density at radius 1 is 1.00 bits per heavy atom. The summed E-state index contributed by atoms with van der Waals surface area (Å²) in [6.45, 7) is 0. The molecule has 0 aliphatic carbocycles. The highest BCUT2D eigenvalue weighted by Crippen LogP contribution is 2.41. The van der Waals surface area contributed by atoms with Crippen LogP contribution in [0.5, 0.6) is 17.2 Å². The largest absolute Gasteiger partial charge is 0.507 e. The number of hydrazone groups is 1. The van der Waals surface area contributed by atoms with E-state index >= 15 is 0 Å². The van der Waals surface area contributed by atoms with Gasteiger partial charge in [-0.2, -0.15) is 5.10 Å². The Kier molecular flexibility index (Phi) is 5.55.